The van der Waals surface area contributed by atoms with Crippen LogP contribution in [0.15, 0.2) is 24.3 Å². The van der Waals surface area contributed by atoms with Gasteiger partial charge >= 0.3 is 5.97 Å². The van der Waals surface area contributed by atoms with Gasteiger partial charge in [-0.1, -0.05) is 12.1 Å². The number of nitrogens with zero attached hydrogens (tertiary/aromatic N) is 1. The van der Waals surface area contributed by atoms with Gasteiger partial charge in [0.15, 0.2) is 0 Å². The molecule has 1 atom stereocenters. The Bertz CT molecular complexity index is 409. The van der Waals surface area contributed by atoms with Crippen molar-refractivity contribution in [2.75, 3.05) is 14.1 Å². The second kappa shape index (κ2) is 5.48. The fraction of sp³-hybridized carbons (Fsp3) is 0.385. The molecule has 0 saturated carbocycles. The predicted octanol–water partition coefficient (Wildman–Crippen LogP) is 2.01. The van der Waals surface area contributed by atoms with E-state index in [1.165, 1.54) is 11.8 Å². The molecule has 17 heavy (non-hydrogen) atoms. The van der Waals surface area contributed by atoms with Gasteiger partial charge in [-0.3, -0.25) is 9.59 Å². The third-order valence-corrected chi connectivity index (χ3v) is 2.38. The van der Waals surface area contributed by atoms with Crippen molar-refractivity contribution in [3.05, 3.63) is 35.4 Å². The highest BCUT2D eigenvalue weighted by molar-refractivity contribution is 5.93. The quantitative estimate of drug-likeness (QED) is 0.753. The summed E-state index contributed by atoms with van der Waals surface area (Å²) in [7, 11) is 3.41. The summed E-state index contributed by atoms with van der Waals surface area (Å²) in [5.41, 5.74) is 1.49. The van der Waals surface area contributed by atoms with Crippen LogP contribution in [-0.4, -0.2) is 30.9 Å². The van der Waals surface area contributed by atoms with E-state index < -0.39 is 0 Å². The minimum Gasteiger partial charge on any atom is -0.458 e. The minimum atomic E-state index is -0.314. The molecule has 0 aromatic heterocycles. The van der Waals surface area contributed by atoms with Crippen molar-refractivity contribution in [1.29, 1.82) is 0 Å². The number of hydrogen-bond acceptors (Lipinski definition) is 3. The minimum absolute atomic E-state index is 0.0447. The molecule has 0 aliphatic heterocycles. The standard InChI is InChI=1S/C13H17NO3/c1-9(17-10(2)15)11-5-7-12(8-6-11)13(16)14(3)4/h5-9H,1-4H3. The number of esters is 1. The van der Waals surface area contributed by atoms with Crippen molar-refractivity contribution >= 4 is 11.9 Å². The molecule has 4 heteroatoms. The van der Waals surface area contributed by atoms with Crippen LogP contribution in [0.3, 0.4) is 0 Å². The van der Waals surface area contributed by atoms with Crippen molar-refractivity contribution in [3.8, 4) is 0 Å². The van der Waals surface area contributed by atoms with Gasteiger partial charge in [0.25, 0.3) is 5.91 Å². The monoisotopic (exact) mass is 235 g/mol. The van der Waals surface area contributed by atoms with Crippen molar-refractivity contribution in [1.82, 2.24) is 4.90 Å². The number of amides is 1. The van der Waals surface area contributed by atoms with Gasteiger partial charge in [-0.25, -0.2) is 0 Å². The van der Waals surface area contributed by atoms with Gasteiger partial charge in [0.2, 0.25) is 0 Å². The molecule has 0 saturated heterocycles. The molecular formula is C13H17NO3. The van der Waals surface area contributed by atoms with Crippen LogP contribution in [0.5, 0.6) is 0 Å². The van der Waals surface area contributed by atoms with E-state index in [2.05, 4.69) is 0 Å². The largest absolute Gasteiger partial charge is 0.458 e. The highest BCUT2D eigenvalue weighted by Gasteiger charge is 2.11. The first-order valence-electron chi connectivity index (χ1n) is 5.40. The van der Waals surface area contributed by atoms with Gasteiger partial charge in [-0.2, -0.15) is 0 Å². The van der Waals surface area contributed by atoms with Gasteiger partial charge in [0.1, 0.15) is 6.10 Å². The van der Waals surface area contributed by atoms with Gasteiger partial charge in [-0.15, -0.1) is 0 Å². The van der Waals surface area contributed by atoms with Crippen molar-refractivity contribution in [3.63, 3.8) is 0 Å². The van der Waals surface area contributed by atoms with E-state index in [4.69, 9.17) is 4.74 Å². The van der Waals surface area contributed by atoms with Crippen LogP contribution in [0.2, 0.25) is 0 Å². The molecular weight excluding hydrogens is 218 g/mol. The topological polar surface area (TPSA) is 46.6 Å². The maximum Gasteiger partial charge on any atom is 0.303 e. The fourth-order valence-corrected chi connectivity index (χ4v) is 1.47. The molecule has 0 bridgehead atoms. The molecule has 0 spiro atoms. The molecule has 0 fully saturated rings. The maximum absolute atomic E-state index is 11.6. The zero-order chi connectivity index (χ0) is 13.0. The molecule has 0 N–H and O–H groups in total. The summed E-state index contributed by atoms with van der Waals surface area (Å²) >= 11 is 0. The molecule has 1 amide bonds. The van der Waals surface area contributed by atoms with Crippen molar-refractivity contribution in [2.45, 2.75) is 20.0 Å². The predicted molar refractivity (Wildman–Crippen MR) is 64.6 cm³/mol. The molecule has 1 aromatic carbocycles. The van der Waals surface area contributed by atoms with Crippen LogP contribution in [0.25, 0.3) is 0 Å². The summed E-state index contributed by atoms with van der Waals surface area (Å²) < 4.78 is 5.05. The Morgan fingerprint density at radius 3 is 2.12 bits per heavy atom. The molecule has 0 radical (unpaired) electrons. The lowest BCUT2D eigenvalue weighted by Crippen LogP contribution is -2.21. The van der Waals surface area contributed by atoms with E-state index in [9.17, 15) is 9.59 Å². The lowest BCUT2D eigenvalue weighted by Gasteiger charge is -2.14. The van der Waals surface area contributed by atoms with E-state index in [0.29, 0.717) is 5.56 Å². The van der Waals surface area contributed by atoms with E-state index in [-0.39, 0.29) is 18.0 Å². The molecule has 1 aromatic rings. The first kappa shape index (κ1) is 13.2. The lowest BCUT2D eigenvalue weighted by atomic mass is 10.1. The summed E-state index contributed by atoms with van der Waals surface area (Å²) in [5, 5.41) is 0. The van der Waals surface area contributed by atoms with Gasteiger partial charge in [0.05, 0.1) is 0 Å². The van der Waals surface area contributed by atoms with Crippen LogP contribution in [-0.2, 0) is 9.53 Å². The number of ether oxygens (including phenoxy) is 1. The SMILES string of the molecule is CC(=O)OC(C)c1ccc(C(=O)N(C)C)cc1. The van der Waals surface area contributed by atoms with Crippen LogP contribution < -0.4 is 0 Å². The third-order valence-electron chi connectivity index (χ3n) is 2.38. The molecule has 0 aliphatic rings. The van der Waals surface area contributed by atoms with Crippen molar-refractivity contribution < 1.29 is 14.3 Å². The summed E-state index contributed by atoms with van der Waals surface area (Å²) in [4.78, 5) is 24.0. The molecule has 4 nitrogen and oxygen atoms in total. The molecule has 92 valence electrons. The summed E-state index contributed by atoms with van der Waals surface area (Å²) in [5.74, 6) is -0.359. The van der Waals surface area contributed by atoms with Crippen LogP contribution in [0.4, 0.5) is 0 Å². The zero-order valence-corrected chi connectivity index (χ0v) is 10.6. The number of carbonyl (C=O) groups is 2. The first-order chi connectivity index (χ1) is 7.91. The molecule has 1 rings (SSSR count). The van der Waals surface area contributed by atoms with E-state index >= 15 is 0 Å². The highest BCUT2D eigenvalue weighted by Crippen LogP contribution is 2.17. The smallest absolute Gasteiger partial charge is 0.303 e. The Balaban J connectivity index is 2.81. The Kier molecular flexibility index (Phi) is 4.26. The molecule has 1 unspecified atom stereocenters. The molecule has 0 aliphatic carbocycles. The third kappa shape index (κ3) is 3.59. The number of rotatable bonds is 3. The normalized spacial score (nSPS) is 11.8. The number of carbonyl (C=O) groups excluding carboxylic acids is 2. The Hall–Kier alpha value is -1.84. The summed E-state index contributed by atoms with van der Waals surface area (Å²) in [6, 6.07) is 7.06. The van der Waals surface area contributed by atoms with Gasteiger partial charge in [-0.05, 0) is 24.6 Å². The number of benzene rings is 1. The average Bonchev–Trinajstić information content (AvgIpc) is 2.27. The second-order valence-corrected chi connectivity index (χ2v) is 4.07. The van der Waals surface area contributed by atoms with Gasteiger partial charge < -0.3 is 9.64 Å². The first-order valence-corrected chi connectivity index (χ1v) is 5.40. The molecule has 0 heterocycles. The second-order valence-electron chi connectivity index (χ2n) is 4.07. The highest BCUT2D eigenvalue weighted by atomic mass is 16.5. The fourth-order valence-electron chi connectivity index (χ4n) is 1.47. The van der Waals surface area contributed by atoms with E-state index in [1.807, 2.05) is 0 Å². The zero-order valence-electron chi connectivity index (χ0n) is 10.6. The van der Waals surface area contributed by atoms with E-state index in [1.54, 1.807) is 45.3 Å². The van der Waals surface area contributed by atoms with Crippen LogP contribution in [0, 0.1) is 0 Å². The lowest BCUT2D eigenvalue weighted by molar-refractivity contribution is -0.145. The summed E-state index contributed by atoms with van der Waals surface area (Å²) in [6.07, 6.45) is -0.295. The van der Waals surface area contributed by atoms with Crippen LogP contribution in [0.1, 0.15) is 35.9 Å². The maximum atomic E-state index is 11.6. The Morgan fingerprint density at radius 1 is 1.18 bits per heavy atom. The number of hydrogen-bond donors (Lipinski definition) is 0. The average molecular weight is 235 g/mol. The van der Waals surface area contributed by atoms with Gasteiger partial charge in [0, 0.05) is 26.6 Å². The van der Waals surface area contributed by atoms with Crippen molar-refractivity contribution in [2.24, 2.45) is 0 Å². The van der Waals surface area contributed by atoms with Crippen LogP contribution >= 0.6 is 0 Å². The van der Waals surface area contributed by atoms with E-state index in [0.717, 1.165) is 5.56 Å². The Morgan fingerprint density at radius 2 is 1.71 bits per heavy atom. The Labute approximate surface area is 101 Å². The summed E-state index contributed by atoms with van der Waals surface area (Å²) in [6.45, 7) is 3.17.